The third kappa shape index (κ3) is 3.33. The lowest BCUT2D eigenvalue weighted by Gasteiger charge is -2.22. The van der Waals surface area contributed by atoms with Gasteiger partial charge in [0.25, 0.3) is 5.91 Å². The second-order valence-electron chi connectivity index (χ2n) is 7.30. The summed E-state index contributed by atoms with van der Waals surface area (Å²) in [6.07, 6.45) is 0. The summed E-state index contributed by atoms with van der Waals surface area (Å²) in [5.74, 6) is 0.948. The molecule has 2 atom stereocenters. The van der Waals surface area contributed by atoms with Gasteiger partial charge in [0.15, 0.2) is 12.3 Å². The summed E-state index contributed by atoms with van der Waals surface area (Å²) >= 11 is 0. The maximum Gasteiger partial charge on any atom is 0.260 e. The molecule has 136 valence electrons. The topological polar surface area (TPSA) is 63.5 Å². The molecule has 0 unspecified atom stereocenters. The van der Waals surface area contributed by atoms with E-state index in [1.54, 1.807) is 4.68 Å². The molecule has 0 N–H and O–H groups in total. The van der Waals surface area contributed by atoms with Gasteiger partial charge in [-0.25, -0.2) is 9.67 Å². The third-order valence-corrected chi connectivity index (χ3v) is 5.01. The molecule has 0 radical (unpaired) electrons. The van der Waals surface area contributed by atoms with E-state index in [4.69, 9.17) is 4.74 Å². The van der Waals surface area contributed by atoms with Crippen molar-refractivity contribution in [3.8, 4) is 5.88 Å². The van der Waals surface area contributed by atoms with Crippen molar-refractivity contribution in [2.24, 2.45) is 13.0 Å². The highest BCUT2D eigenvalue weighted by atomic mass is 16.5. The van der Waals surface area contributed by atoms with E-state index in [1.807, 2.05) is 31.9 Å². The van der Waals surface area contributed by atoms with Crippen LogP contribution in [-0.4, -0.2) is 70.3 Å². The molecule has 1 fully saturated rings. The molecule has 7 nitrogen and oxygen atoms in total. The second-order valence-corrected chi connectivity index (χ2v) is 7.30. The van der Waals surface area contributed by atoms with Gasteiger partial charge in [0.1, 0.15) is 0 Å². The molecule has 1 amide bonds. The number of hydrogen-bond donors (Lipinski definition) is 0. The molecular formula is C18H27N5O2. The van der Waals surface area contributed by atoms with Crippen LogP contribution in [0.3, 0.4) is 0 Å². The number of fused-ring (bicyclic) bond motifs is 1. The van der Waals surface area contributed by atoms with E-state index in [2.05, 4.69) is 36.0 Å². The molecular weight excluding hydrogens is 318 g/mol. The molecule has 7 heteroatoms. The van der Waals surface area contributed by atoms with E-state index in [9.17, 15) is 4.79 Å². The minimum atomic E-state index is 0.00625. The lowest BCUT2D eigenvalue weighted by molar-refractivity contribution is -0.132. The first-order valence-electron chi connectivity index (χ1n) is 8.66. The SMILES string of the molecule is Cc1cc(C)c2c(OCC(=O)N3C[C@@H](N(C)C)[C@@H](C)C3)nn(C)c2n1. The van der Waals surface area contributed by atoms with E-state index in [0.717, 1.165) is 35.4 Å². The highest BCUT2D eigenvalue weighted by Crippen LogP contribution is 2.27. The molecule has 1 aliphatic heterocycles. The molecule has 2 aromatic rings. The van der Waals surface area contributed by atoms with Gasteiger partial charge in [-0.2, -0.15) is 0 Å². The zero-order valence-corrected chi connectivity index (χ0v) is 15.9. The number of hydrogen-bond acceptors (Lipinski definition) is 5. The number of aromatic nitrogens is 3. The van der Waals surface area contributed by atoms with Crippen molar-refractivity contribution in [3.05, 3.63) is 17.3 Å². The number of amides is 1. The van der Waals surface area contributed by atoms with Crippen LogP contribution in [0.4, 0.5) is 0 Å². The summed E-state index contributed by atoms with van der Waals surface area (Å²) < 4.78 is 7.49. The summed E-state index contributed by atoms with van der Waals surface area (Å²) in [7, 11) is 5.96. The Morgan fingerprint density at radius 3 is 2.72 bits per heavy atom. The van der Waals surface area contributed by atoms with Gasteiger partial charge < -0.3 is 14.5 Å². The highest BCUT2D eigenvalue weighted by Gasteiger charge is 2.33. The number of aryl methyl sites for hydroxylation is 3. The van der Waals surface area contributed by atoms with Gasteiger partial charge in [-0.1, -0.05) is 6.92 Å². The van der Waals surface area contributed by atoms with Gasteiger partial charge >= 0.3 is 0 Å². The lowest BCUT2D eigenvalue weighted by atomic mass is 10.1. The maximum atomic E-state index is 12.5. The molecule has 1 aliphatic rings. The maximum absolute atomic E-state index is 12.5. The number of rotatable bonds is 4. The van der Waals surface area contributed by atoms with Crippen LogP contribution >= 0.6 is 0 Å². The molecule has 1 saturated heterocycles. The normalized spacial score (nSPS) is 20.7. The predicted molar refractivity (Wildman–Crippen MR) is 96.7 cm³/mol. The van der Waals surface area contributed by atoms with Gasteiger partial charge in [0.2, 0.25) is 5.88 Å². The van der Waals surface area contributed by atoms with Crippen molar-refractivity contribution >= 4 is 16.9 Å². The van der Waals surface area contributed by atoms with Crippen LogP contribution < -0.4 is 4.74 Å². The van der Waals surface area contributed by atoms with Crippen molar-refractivity contribution in [3.63, 3.8) is 0 Å². The van der Waals surface area contributed by atoms with Crippen LogP contribution in [-0.2, 0) is 11.8 Å². The fourth-order valence-corrected chi connectivity index (χ4v) is 3.70. The van der Waals surface area contributed by atoms with E-state index in [-0.39, 0.29) is 12.5 Å². The van der Waals surface area contributed by atoms with E-state index in [0.29, 0.717) is 17.8 Å². The molecule has 3 heterocycles. The zero-order chi connectivity index (χ0) is 18.3. The van der Waals surface area contributed by atoms with Crippen molar-refractivity contribution < 1.29 is 9.53 Å². The monoisotopic (exact) mass is 345 g/mol. The summed E-state index contributed by atoms with van der Waals surface area (Å²) in [6, 6.07) is 2.40. The van der Waals surface area contributed by atoms with Crippen LogP contribution in [0.25, 0.3) is 11.0 Å². The molecule has 0 aliphatic carbocycles. The van der Waals surface area contributed by atoms with Gasteiger partial charge in [-0.15, -0.1) is 5.10 Å². The van der Waals surface area contributed by atoms with Crippen LogP contribution in [0.1, 0.15) is 18.2 Å². The number of carbonyl (C=O) groups is 1. The van der Waals surface area contributed by atoms with Gasteiger partial charge in [-0.3, -0.25) is 4.79 Å². The molecule has 0 bridgehead atoms. The van der Waals surface area contributed by atoms with Crippen molar-refractivity contribution in [2.45, 2.75) is 26.8 Å². The minimum absolute atomic E-state index is 0.00625. The smallest absolute Gasteiger partial charge is 0.260 e. The predicted octanol–water partition coefficient (Wildman–Crippen LogP) is 1.37. The summed E-state index contributed by atoms with van der Waals surface area (Å²) in [5, 5.41) is 5.28. The molecule has 0 saturated carbocycles. The molecule has 0 spiro atoms. The molecule has 3 rings (SSSR count). The fourth-order valence-electron chi connectivity index (χ4n) is 3.70. The Labute approximate surface area is 148 Å². The van der Waals surface area contributed by atoms with Crippen molar-refractivity contribution in [2.75, 3.05) is 33.8 Å². The molecule has 25 heavy (non-hydrogen) atoms. The Kier molecular flexibility index (Phi) is 4.69. The van der Waals surface area contributed by atoms with Crippen LogP contribution in [0, 0.1) is 19.8 Å². The third-order valence-electron chi connectivity index (χ3n) is 5.01. The first-order chi connectivity index (χ1) is 11.8. The van der Waals surface area contributed by atoms with Crippen LogP contribution in [0.5, 0.6) is 5.88 Å². The summed E-state index contributed by atoms with van der Waals surface area (Å²) in [6.45, 7) is 7.68. The first kappa shape index (κ1) is 17.7. The zero-order valence-electron chi connectivity index (χ0n) is 15.9. The Hall–Kier alpha value is -2.15. The fraction of sp³-hybridized carbons (Fsp3) is 0.611. The Morgan fingerprint density at radius 1 is 1.36 bits per heavy atom. The Bertz CT molecular complexity index is 798. The summed E-state index contributed by atoms with van der Waals surface area (Å²) in [4.78, 5) is 21.1. The number of pyridine rings is 1. The van der Waals surface area contributed by atoms with Crippen molar-refractivity contribution in [1.82, 2.24) is 24.6 Å². The first-order valence-corrected chi connectivity index (χ1v) is 8.66. The summed E-state index contributed by atoms with van der Waals surface area (Å²) in [5.41, 5.74) is 2.78. The number of ether oxygens (including phenoxy) is 1. The Morgan fingerprint density at radius 2 is 2.08 bits per heavy atom. The number of nitrogens with zero attached hydrogens (tertiary/aromatic N) is 5. The van der Waals surface area contributed by atoms with E-state index < -0.39 is 0 Å². The van der Waals surface area contributed by atoms with E-state index >= 15 is 0 Å². The lowest BCUT2D eigenvalue weighted by Crippen LogP contribution is -2.37. The molecule has 2 aromatic heterocycles. The number of likely N-dealkylation sites (N-methyl/N-ethyl adjacent to an activating group) is 1. The quantitative estimate of drug-likeness (QED) is 0.837. The highest BCUT2D eigenvalue weighted by molar-refractivity contribution is 5.85. The van der Waals surface area contributed by atoms with Crippen LogP contribution in [0.2, 0.25) is 0 Å². The minimum Gasteiger partial charge on any atom is -0.466 e. The Balaban J connectivity index is 1.72. The number of carbonyl (C=O) groups excluding carboxylic acids is 1. The average molecular weight is 345 g/mol. The van der Waals surface area contributed by atoms with Gasteiger partial charge in [0.05, 0.1) is 5.39 Å². The van der Waals surface area contributed by atoms with Gasteiger partial charge in [-0.05, 0) is 45.5 Å². The molecule has 0 aromatic carbocycles. The largest absolute Gasteiger partial charge is 0.466 e. The average Bonchev–Trinajstić information content (AvgIpc) is 3.06. The van der Waals surface area contributed by atoms with Crippen LogP contribution in [0.15, 0.2) is 6.07 Å². The van der Waals surface area contributed by atoms with Crippen molar-refractivity contribution in [1.29, 1.82) is 0 Å². The number of likely N-dealkylation sites (tertiary alicyclic amines) is 1. The standard InChI is InChI=1S/C18H27N5O2/c1-11-7-13(3)19-17-16(11)18(20-22(17)6)25-10-15(24)23-8-12(2)14(9-23)21(4)5/h7,12,14H,8-10H2,1-6H3/t12-,14+/m0/s1. The van der Waals surface area contributed by atoms with Gasteiger partial charge in [0, 0.05) is 31.9 Å². The van der Waals surface area contributed by atoms with E-state index in [1.165, 1.54) is 0 Å². The second kappa shape index (κ2) is 6.63.